The van der Waals surface area contributed by atoms with Gasteiger partial charge in [0, 0.05) is 0 Å². The van der Waals surface area contributed by atoms with Crippen LogP contribution in [0, 0.1) is 0 Å². The molecule has 0 aliphatic rings. The van der Waals surface area contributed by atoms with Gasteiger partial charge in [-0.25, -0.2) is 9.59 Å². The third-order valence-corrected chi connectivity index (χ3v) is 6.46. The van der Waals surface area contributed by atoms with E-state index in [1.54, 1.807) is 0 Å². The van der Waals surface area contributed by atoms with Gasteiger partial charge in [0.05, 0.1) is 0 Å². The summed E-state index contributed by atoms with van der Waals surface area (Å²) < 4.78 is 5.11. The van der Waals surface area contributed by atoms with Gasteiger partial charge in [-0.05, 0) is 19.3 Å². The molecule has 2 unspecified atom stereocenters. The van der Waals surface area contributed by atoms with Crippen LogP contribution >= 0.6 is 0 Å². The quantitative estimate of drug-likeness (QED) is 0.104. The van der Waals surface area contributed by atoms with Crippen molar-refractivity contribution in [3.63, 3.8) is 0 Å². The number of carbonyl (C=O) groups excluding carboxylic acids is 1. The fourth-order valence-electron chi connectivity index (χ4n) is 4.21. The number of aliphatic hydroxyl groups is 1. The van der Waals surface area contributed by atoms with E-state index in [0.717, 1.165) is 38.5 Å². The number of hydrogen-bond donors (Lipinski definition) is 2. The first-order valence-electron chi connectivity index (χ1n) is 14.1. The molecule has 0 aromatic carbocycles. The van der Waals surface area contributed by atoms with Crippen LogP contribution in [0.4, 0.5) is 0 Å². The molecule has 0 aliphatic carbocycles. The third kappa shape index (κ3) is 21.2. The highest BCUT2D eigenvalue weighted by Gasteiger charge is 2.25. The summed E-state index contributed by atoms with van der Waals surface area (Å²) in [5, 5.41) is 19.4. The van der Waals surface area contributed by atoms with Crippen LogP contribution < -0.4 is 0 Å². The molecule has 0 aliphatic heterocycles. The van der Waals surface area contributed by atoms with Crippen molar-refractivity contribution in [1.82, 2.24) is 0 Å². The maximum absolute atomic E-state index is 12.1. The van der Waals surface area contributed by atoms with Gasteiger partial charge >= 0.3 is 11.9 Å². The summed E-state index contributed by atoms with van der Waals surface area (Å²) >= 11 is 0. The molecule has 0 aromatic heterocycles. The number of esters is 1. The van der Waals surface area contributed by atoms with Crippen molar-refractivity contribution in [1.29, 1.82) is 0 Å². The molecule has 5 heteroatoms. The first kappa shape index (κ1) is 31.9. The number of carboxylic acid groups (broad SMARTS) is 1. The average molecular weight is 471 g/mol. The molecular weight excluding hydrogens is 416 g/mol. The molecule has 0 aromatic rings. The lowest BCUT2D eigenvalue weighted by Crippen LogP contribution is -2.32. The second kappa shape index (κ2) is 24.0. The number of unbranched alkanes of at least 4 members (excludes halogenated alkanes) is 18. The van der Waals surface area contributed by atoms with Crippen LogP contribution in [0.5, 0.6) is 0 Å². The molecule has 0 fully saturated rings. The molecule has 0 saturated heterocycles. The van der Waals surface area contributed by atoms with E-state index >= 15 is 0 Å². The van der Waals surface area contributed by atoms with E-state index in [2.05, 4.69) is 13.8 Å². The molecule has 2 N–H and O–H groups in total. The van der Waals surface area contributed by atoms with Gasteiger partial charge in [0.1, 0.15) is 0 Å². The maximum Gasteiger partial charge on any atom is 0.345 e. The van der Waals surface area contributed by atoms with Crippen LogP contribution in [0.2, 0.25) is 0 Å². The fourth-order valence-corrected chi connectivity index (χ4v) is 4.21. The smallest absolute Gasteiger partial charge is 0.345 e. The molecule has 2 atom stereocenters. The van der Waals surface area contributed by atoms with Crippen molar-refractivity contribution in [3.05, 3.63) is 0 Å². The van der Waals surface area contributed by atoms with Gasteiger partial charge in [0.15, 0.2) is 12.2 Å². The van der Waals surface area contributed by atoms with Gasteiger partial charge in [0.25, 0.3) is 0 Å². The Morgan fingerprint density at radius 1 is 0.576 bits per heavy atom. The molecule has 0 heterocycles. The Hall–Kier alpha value is -1.10. The predicted octanol–water partition coefficient (Wildman–Crippen LogP) is 7.97. The normalized spacial score (nSPS) is 13.1. The van der Waals surface area contributed by atoms with Crippen molar-refractivity contribution < 1.29 is 24.5 Å². The average Bonchev–Trinajstić information content (AvgIpc) is 2.80. The van der Waals surface area contributed by atoms with Crippen LogP contribution in [0.15, 0.2) is 0 Å². The summed E-state index contributed by atoms with van der Waals surface area (Å²) in [6.07, 6.45) is 21.9. The van der Waals surface area contributed by atoms with Gasteiger partial charge in [-0.3, -0.25) is 0 Å². The Morgan fingerprint density at radius 3 is 1.27 bits per heavy atom. The monoisotopic (exact) mass is 470 g/mol. The Labute approximate surface area is 204 Å². The predicted molar refractivity (Wildman–Crippen MR) is 136 cm³/mol. The van der Waals surface area contributed by atoms with Crippen molar-refractivity contribution >= 4 is 11.9 Å². The minimum absolute atomic E-state index is 0.322. The number of rotatable bonds is 25. The topological polar surface area (TPSA) is 83.8 Å². The minimum atomic E-state index is -1.21. The van der Waals surface area contributed by atoms with Crippen molar-refractivity contribution in [2.45, 2.75) is 167 Å². The van der Waals surface area contributed by atoms with Crippen LogP contribution in [0.3, 0.4) is 0 Å². The number of aliphatic hydroxyl groups excluding tert-OH is 1. The van der Waals surface area contributed by atoms with Gasteiger partial charge in [0.2, 0.25) is 0 Å². The molecule has 0 saturated carbocycles. The molecule has 0 rings (SSSR count). The third-order valence-electron chi connectivity index (χ3n) is 6.46. The van der Waals surface area contributed by atoms with E-state index in [9.17, 15) is 19.8 Å². The lowest BCUT2D eigenvalue weighted by Gasteiger charge is -2.16. The molecule has 0 bridgehead atoms. The summed E-state index contributed by atoms with van der Waals surface area (Å²) in [6.45, 7) is 4.45. The van der Waals surface area contributed by atoms with Gasteiger partial charge in [-0.2, -0.15) is 0 Å². The Bertz CT molecular complexity index is 452. The second-order valence-electron chi connectivity index (χ2n) is 9.72. The molecule has 5 nitrogen and oxygen atoms in total. The molecule has 0 radical (unpaired) electrons. The first-order valence-corrected chi connectivity index (χ1v) is 14.1. The highest BCUT2D eigenvalue weighted by Crippen LogP contribution is 2.15. The fraction of sp³-hybridized carbons (Fsp3) is 0.929. The maximum atomic E-state index is 12.1. The summed E-state index contributed by atoms with van der Waals surface area (Å²) in [5.74, 6) is -1.91. The van der Waals surface area contributed by atoms with E-state index in [4.69, 9.17) is 4.74 Å². The van der Waals surface area contributed by atoms with E-state index in [-0.39, 0.29) is 0 Å². The van der Waals surface area contributed by atoms with E-state index in [1.807, 2.05) is 0 Å². The van der Waals surface area contributed by atoms with E-state index in [0.29, 0.717) is 12.8 Å². The molecule has 0 spiro atoms. The number of aliphatic carboxylic acids is 1. The summed E-state index contributed by atoms with van der Waals surface area (Å²) in [5.41, 5.74) is 0. The van der Waals surface area contributed by atoms with E-state index in [1.165, 1.54) is 89.9 Å². The summed E-state index contributed by atoms with van der Waals surface area (Å²) in [4.78, 5) is 23.5. The number of ether oxygens (including phenoxy) is 1. The van der Waals surface area contributed by atoms with Crippen LogP contribution in [0.1, 0.15) is 155 Å². The minimum Gasteiger partial charge on any atom is -0.479 e. The zero-order chi connectivity index (χ0) is 24.6. The molecule has 33 heavy (non-hydrogen) atoms. The van der Waals surface area contributed by atoms with Crippen LogP contribution in [0.25, 0.3) is 0 Å². The second-order valence-corrected chi connectivity index (χ2v) is 9.72. The standard InChI is InChI=1S/C28H54O5/c1-3-5-7-9-11-13-15-17-19-21-23-25(29)28(32)33-26(27(30)31)24-22-20-18-16-14-12-10-8-6-4-2/h25-26,29H,3-24H2,1-2H3,(H,30,31). The Balaban J connectivity index is 3.77. The summed E-state index contributed by atoms with van der Waals surface area (Å²) in [7, 11) is 0. The van der Waals surface area contributed by atoms with Crippen molar-refractivity contribution in [2.24, 2.45) is 0 Å². The van der Waals surface area contributed by atoms with Gasteiger partial charge in [-0.1, -0.05) is 136 Å². The van der Waals surface area contributed by atoms with Crippen molar-refractivity contribution in [3.8, 4) is 0 Å². The largest absolute Gasteiger partial charge is 0.479 e. The lowest BCUT2D eigenvalue weighted by atomic mass is 10.0. The molecule has 196 valence electrons. The Kier molecular flexibility index (Phi) is 23.2. The van der Waals surface area contributed by atoms with Crippen molar-refractivity contribution in [2.75, 3.05) is 0 Å². The highest BCUT2D eigenvalue weighted by molar-refractivity contribution is 5.80. The summed E-state index contributed by atoms with van der Waals surface area (Å²) in [6, 6.07) is 0. The zero-order valence-electron chi connectivity index (χ0n) is 21.8. The van der Waals surface area contributed by atoms with Gasteiger partial charge < -0.3 is 14.9 Å². The van der Waals surface area contributed by atoms with Crippen LogP contribution in [-0.4, -0.2) is 34.4 Å². The lowest BCUT2D eigenvalue weighted by molar-refractivity contribution is -0.170. The van der Waals surface area contributed by atoms with E-state index < -0.39 is 24.1 Å². The number of carbonyl (C=O) groups is 2. The number of carboxylic acids is 1. The Morgan fingerprint density at radius 2 is 0.909 bits per heavy atom. The van der Waals surface area contributed by atoms with Gasteiger partial charge in [-0.15, -0.1) is 0 Å². The molecule has 0 amide bonds. The SMILES string of the molecule is CCCCCCCCCCCCC(O)C(=O)OC(CCCCCCCCCCCC)C(=O)O. The molecular formula is C28H54O5. The highest BCUT2D eigenvalue weighted by atomic mass is 16.6. The van der Waals surface area contributed by atoms with Crippen LogP contribution in [-0.2, 0) is 14.3 Å². The zero-order valence-corrected chi connectivity index (χ0v) is 21.8. The first-order chi connectivity index (χ1) is 16.0. The number of hydrogen-bond acceptors (Lipinski definition) is 4.